The number of aromatic nitrogens is 3. The third kappa shape index (κ3) is 3.94. The minimum Gasteiger partial charge on any atom is -0.325 e. The Labute approximate surface area is 155 Å². The molecule has 7 heteroatoms. The van der Waals surface area contributed by atoms with Crippen LogP contribution in [0.1, 0.15) is 22.8 Å². The number of anilines is 1. The Balaban J connectivity index is 1.82. The number of benzene rings is 2. The first kappa shape index (κ1) is 17.8. The normalized spacial score (nSPS) is 10.5. The van der Waals surface area contributed by atoms with Crippen molar-refractivity contribution in [2.75, 3.05) is 5.32 Å². The van der Waals surface area contributed by atoms with Crippen molar-refractivity contribution >= 4 is 29.6 Å². The summed E-state index contributed by atoms with van der Waals surface area (Å²) in [4.78, 5) is 23.9. The molecule has 0 saturated carbocycles. The van der Waals surface area contributed by atoms with E-state index in [1.807, 2.05) is 31.2 Å². The Bertz CT molecular complexity index is 1040. The summed E-state index contributed by atoms with van der Waals surface area (Å²) in [7, 11) is 0. The van der Waals surface area contributed by atoms with Crippen LogP contribution in [0.3, 0.4) is 0 Å². The average molecular weight is 366 g/mol. The van der Waals surface area contributed by atoms with Crippen LogP contribution in [-0.4, -0.2) is 26.5 Å². The molecule has 0 bridgehead atoms. The van der Waals surface area contributed by atoms with E-state index in [1.165, 1.54) is 6.92 Å². The summed E-state index contributed by atoms with van der Waals surface area (Å²) >= 11 is 5.26. The van der Waals surface area contributed by atoms with Crippen LogP contribution >= 0.6 is 12.2 Å². The van der Waals surface area contributed by atoms with Gasteiger partial charge in [-0.15, -0.1) is 0 Å². The summed E-state index contributed by atoms with van der Waals surface area (Å²) in [5.74, 6) is 0.295. The summed E-state index contributed by atoms with van der Waals surface area (Å²) in [5.41, 5.74) is 3.08. The fraction of sp³-hybridized carbons (Fsp3) is 0.158. The molecule has 26 heavy (non-hydrogen) atoms. The van der Waals surface area contributed by atoms with E-state index >= 15 is 0 Å². The predicted octanol–water partition coefficient (Wildman–Crippen LogP) is 3.76. The van der Waals surface area contributed by atoms with Crippen LogP contribution in [0.25, 0.3) is 11.4 Å². The lowest BCUT2D eigenvalue weighted by atomic mass is 10.1. The molecule has 1 amide bonds. The summed E-state index contributed by atoms with van der Waals surface area (Å²) in [6.45, 7) is 3.49. The average Bonchev–Trinajstić information content (AvgIpc) is 2.95. The molecule has 2 aromatic carbocycles. The molecule has 0 aliphatic rings. The van der Waals surface area contributed by atoms with Gasteiger partial charge in [0.15, 0.2) is 16.4 Å². The highest BCUT2D eigenvalue weighted by molar-refractivity contribution is 7.71. The van der Waals surface area contributed by atoms with E-state index in [0.717, 1.165) is 11.1 Å². The summed E-state index contributed by atoms with van der Waals surface area (Å²) in [6, 6.07) is 14.6. The van der Waals surface area contributed by atoms with Crippen molar-refractivity contribution in [3.8, 4) is 11.4 Å². The SMILES string of the molecule is CC(=O)c1cccc(NC(=O)Cn2c(-c3cccc(C)c3)n[nH]c2=S)c1. The smallest absolute Gasteiger partial charge is 0.244 e. The minimum absolute atomic E-state index is 0.0168. The number of rotatable bonds is 5. The highest BCUT2D eigenvalue weighted by Gasteiger charge is 2.13. The van der Waals surface area contributed by atoms with Gasteiger partial charge in [-0.3, -0.25) is 19.3 Å². The first-order chi connectivity index (χ1) is 12.4. The zero-order valence-corrected chi connectivity index (χ0v) is 15.3. The number of hydrogen-bond acceptors (Lipinski definition) is 4. The molecule has 1 aromatic heterocycles. The van der Waals surface area contributed by atoms with Crippen molar-refractivity contribution in [2.45, 2.75) is 20.4 Å². The van der Waals surface area contributed by atoms with Crippen LogP contribution in [-0.2, 0) is 11.3 Å². The Kier molecular flexibility index (Phi) is 5.09. The molecular weight excluding hydrogens is 348 g/mol. The van der Waals surface area contributed by atoms with E-state index < -0.39 is 0 Å². The van der Waals surface area contributed by atoms with Gasteiger partial charge in [0, 0.05) is 16.8 Å². The van der Waals surface area contributed by atoms with Crippen molar-refractivity contribution in [3.05, 3.63) is 64.4 Å². The van der Waals surface area contributed by atoms with Crippen molar-refractivity contribution < 1.29 is 9.59 Å². The second kappa shape index (κ2) is 7.45. The second-order valence-electron chi connectivity index (χ2n) is 5.99. The van der Waals surface area contributed by atoms with Crippen molar-refractivity contribution in [1.29, 1.82) is 0 Å². The number of nitrogens with zero attached hydrogens (tertiary/aromatic N) is 2. The fourth-order valence-corrected chi connectivity index (χ4v) is 2.83. The minimum atomic E-state index is -0.253. The molecule has 2 N–H and O–H groups in total. The van der Waals surface area contributed by atoms with Crippen molar-refractivity contribution in [1.82, 2.24) is 14.8 Å². The number of aryl methyl sites for hydroxylation is 1. The van der Waals surface area contributed by atoms with E-state index in [2.05, 4.69) is 15.5 Å². The molecule has 0 atom stereocenters. The third-order valence-corrected chi connectivity index (χ3v) is 4.20. The maximum absolute atomic E-state index is 12.5. The van der Waals surface area contributed by atoms with Gasteiger partial charge in [-0.25, -0.2) is 0 Å². The lowest BCUT2D eigenvalue weighted by Crippen LogP contribution is -2.19. The number of H-pyrrole nitrogens is 1. The first-order valence-electron chi connectivity index (χ1n) is 8.07. The third-order valence-electron chi connectivity index (χ3n) is 3.89. The van der Waals surface area contributed by atoms with Crippen LogP contribution in [0.2, 0.25) is 0 Å². The Morgan fingerprint density at radius 2 is 1.96 bits per heavy atom. The zero-order chi connectivity index (χ0) is 18.7. The zero-order valence-electron chi connectivity index (χ0n) is 14.4. The lowest BCUT2D eigenvalue weighted by Gasteiger charge is -2.09. The molecule has 0 aliphatic heterocycles. The van der Waals surface area contributed by atoms with Gasteiger partial charge >= 0.3 is 0 Å². The molecule has 3 rings (SSSR count). The molecular formula is C19H18N4O2S. The molecule has 6 nitrogen and oxygen atoms in total. The standard InChI is InChI=1S/C19H18N4O2S/c1-12-5-3-7-15(9-12)18-21-22-19(26)23(18)11-17(25)20-16-8-4-6-14(10-16)13(2)24/h3-10H,11H2,1-2H3,(H,20,25)(H,22,26). The van der Waals surface area contributed by atoms with Gasteiger partial charge < -0.3 is 5.32 Å². The molecule has 0 spiro atoms. The van der Waals surface area contributed by atoms with Crippen molar-refractivity contribution in [3.63, 3.8) is 0 Å². The molecule has 0 aliphatic carbocycles. The molecule has 3 aromatic rings. The monoisotopic (exact) mass is 366 g/mol. The van der Waals surface area contributed by atoms with E-state index in [-0.39, 0.29) is 18.2 Å². The van der Waals surface area contributed by atoms with E-state index in [1.54, 1.807) is 28.8 Å². The van der Waals surface area contributed by atoms with Crippen LogP contribution in [0.15, 0.2) is 48.5 Å². The van der Waals surface area contributed by atoms with Crippen LogP contribution in [0, 0.1) is 11.7 Å². The largest absolute Gasteiger partial charge is 0.325 e. The quantitative estimate of drug-likeness (QED) is 0.532. The summed E-state index contributed by atoms with van der Waals surface area (Å²) in [6.07, 6.45) is 0. The van der Waals surface area contributed by atoms with Gasteiger partial charge in [-0.2, -0.15) is 5.10 Å². The Morgan fingerprint density at radius 1 is 1.19 bits per heavy atom. The fourth-order valence-electron chi connectivity index (χ4n) is 2.63. The molecule has 0 saturated heterocycles. The van der Waals surface area contributed by atoms with Gasteiger partial charge in [0.05, 0.1) is 0 Å². The summed E-state index contributed by atoms with van der Waals surface area (Å²) < 4.78 is 2.02. The van der Waals surface area contributed by atoms with Gasteiger partial charge in [0.1, 0.15) is 6.54 Å². The second-order valence-corrected chi connectivity index (χ2v) is 6.38. The van der Waals surface area contributed by atoms with Gasteiger partial charge in [0.2, 0.25) is 5.91 Å². The Morgan fingerprint density at radius 3 is 2.69 bits per heavy atom. The number of amides is 1. The number of Topliss-reactive ketones (excluding diaryl/α,β-unsaturated/α-hetero) is 1. The number of carbonyl (C=O) groups is 2. The topological polar surface area (TPSA) is 79.8 Å². The van der Waals surface area contributed by atoms with Crippen LogP contribution in [0.5, 0.6) is 0 Å². The number of ketones is 1. The highest BCUT2D eigenvalue weighted by atomic mass is 32.1. The molecule has 132 valence electrons. The van der Waals surface area contributed by atoms with E-state index in [4.69, 9.17) is 12.2 Å². The maximum atomic E-state index is 12.5. The number of aromatic amines is 1. The number of nitrogens with one attached hydrogen (secondary N) is 2. The lowest BCUT2D eigenvalue weighted by molar-refractivity contribution is -0.116. The molecule has 0 radical (unpaired) electrons. The first-order valence-corrected chi connectivity index (χ1v) is 8.48. The van der Waals surface area contributed by atoms with E-state index in [9.17, 15) is 9.59 Å². The van der Waals surface area contributed by atoms with E-state index in [0.29, 0.717) is 21.8 Å². The Hall–Kier alpha value is -3.06. The van der Waals surface area contributed by atoms with Crippen molar-refractivity contribution in [2.24, 2.45) is 0 Å². The van der Waals surface area contributed by atoms with Gasteiger partial charge in [0.25, 0.3) is 0 Å². The molecule has 0 unspecified atom stereocenters. The van der Waals surface area contributed by atoms with Crippen LogP contribution < -0.4 is 5.32 Å². The molecule has 1 heterocycles. The van der Waals surface area contributed by atoms with Gasteiger partial charge in [-0.1, -0.05) is 35.9 Å². The molecule has 0 fully saturated rings. The highest BCUT2D eigenvalue weighted by Crippen LogP contribution is 2.19. The maximum Gasteiger partial charge on any atom is 0.244 e. The predicted molar refractivity (Wildman–Crippen MR) is 103 cm³/mol. The van der Waals surface area contributed by atoms with Gasteiger partial charge in [-0.05, 0) is 44.3 Å². The number of hydrogen-bond donors (Lipinski definition) is 2. The number of carbonyl (C=O) groups excluding carboxylic acids is 2. The van der Waals surface area contributed by atoms with Crippen LogP contribution in [0.4, 0.5) is 5.69 Å². The summed E-state index contributed by atoms with van der Waals surface area (Å²) in [5, 5.41) is 9.78.